The van der Waals surface area contributed by atoms with Crippen LogP contribution in [0.1, 0.15) is 39.5 Å². The van der Waals surface area contributed by atoms with Gasteiger partial charge in [-0.15, -0.1) is 0 Å². The fourth-order valence-corrected chi connectivity index (χ4v) is 2.75. The molecule has 0 fully saturated rings. The third kappa shape index (κ3) is 2.62. The van der Waals surface area contributed by atoms with E-state index in [1.54, 1.807) is 0 Å². The molecular formula is C18H20O2. The molecule has 2 aromatic rings. The third-order valence-electron chi connectivity index (χ3n) is 4.05. The van der Waals surface area contributed by atoms with Crippen molar-refractivity contribution in [2.24, 2.45) is 0 Å². The Morgan fingerprint density at radius 3 is 2.70 bits per heavy atom. The first-order valence-corrected chi connectivity index (χ1v) is 7.07. The number of ether oxygens (including phenoxy) is 1. The van der Waals surface area contributed by atoms with E-state index in [1.165, 1.54) is 27.8 Å². The average Bonchev–Trinajstić information content (AvgIpc) is 2.90. The zero-order valence-electron chi connectivity index (χ0n) is 12.0. The van der Waals surface area contributed by atoms with Gasteiger partial charge in [-0.05, 0) is 41.7 Å². The van der Waals surface area contributed by atoms with Crippen LogP contribution in [-0.4, -0.2) is 5.11 Å². The molecule has 1 aliphatic heterocycles. The summed E-state index contributed by atoms with van der Waals surface area (Å²) in [4.78, 5) is 0. The van der Waals surface area contributed by atoms with E-state index < -0.39 is 6.10 Å². The molecule has 104 valence electrons. The van der Waals surface area contributed by atoms with Crippen molar-refractivity contribution in [2.45, 2.75) is 39.6 Å². The Morgan fingerprint density at radius 1 is 1.05 bits per heavy atom. The van der Waals surface area contributed by atoms with Gasteiger partial charge in [0.15, 0.2) is 0 Å². The summed E-state index contributed by atoms with van der Waals surface area (Å²) in [5, 5.41) is 10.5. The molecule has 0 spiro atoms. The highest BCUT2D eigenvalue weighted by atomic mass is 16.5. The van der Waals surface area contributed by atoms with Crippen LogP contribution in [0.2, 0.25) is 0 Å². The molecule has 1 heterocycles. The number of aliphatic hydroxyl groups excluding tert-OH is 1. The van der Waals surface area contributed by atoms with Gasteiger partial charge in [0.2, 0.25) is 0 Å². The molecule has 2 nitrogen and oxygen atoms in total. The van der Waals surface area contributed by atoms with Gasteiger partial charge in [0.25, 0.3) is 0 Å². The smallest absolute Gasteiger partial charge is 0.0830 e. The van der Waals surface area contributed by atoms with Gasteiger partial charge in [-0.1, -0.05) is 42.0 Å². The number of fused-ring (bicyclic) bond motifs is 1. The maximum atomic E-state index is 10.5. The summed E-state index contributed by atoms with van der Waals surface area (Å²) in [5.41, 5.74) is 7.12. The number of aliphatic hydroxyl groups is 1. The normalized spacial score (nSPS) is 15.2. The van der Waals surface area contributed by atoms with Crippen LogP contribution in [-0.2, 0) is 24.4 Å². The number of hydrogen-bond donors (Lipinski definition) is 1. The van der Waals surface area contributed by atoms with Gasteiger partial charge in [0, 0.05) is 6.42 Å². The van der Waals surface area contributed by atoms with Gasteiger partial charge in [0.1, 0.15) is 0 Å². The van der Waals surface area contributed by atoms with Gasteiger partial charge in [-0.25, -0.2) is 0 Å². The predicted octanol–water partition coefficient (Wildman–Crippen LogP) is 3.61. The lowest BCUT2D eigenvalue weighted by Crippen LogP contribution is -2.04. The Bertz CT molecular complexity index is 631. The largest absolute Gasteiger partial charge is 0.388 e. The lowest BCUT2D eigenvalue weighted by Gasteiger charge is -2.14. The topological polar surface area (TPSA) is 29.5 Å². The molecule has 0 saturated heterocycles. The first-order valence-electron chi connectivity index (χ1n) is 7.07. The molecule has 0 bridgehead atoms. The molecule has 1 atom stereocenters. The van der Waals surface area contributed by atoms with Crippen LogP contribution >= 0.6 is 0 Å². The lowest BCUT2D eigenvalue weighted by molar-refractivity contribution is 0.134. The van der Waals surface area contributed by atoms with Crippen molar-refractivity contribution >= 4 is 0 Å². The van der Waals surface area contributed by atoms with Crippen LogP contribution in [0.5, 0.6) is 0 Å². The van der Waals surface area contributed by atoms with E-state index in [0.29, 0.717) is 19.6 Å². The van der Waals surface area contributed by atoms with Crippen LogP contribution in [0.15, 0.2) is 36.4 Å². The minimum Gasteiger partial charge on any atom is -0.388 e. The number of hydrogen-bond acceptors (Lipinski definition) is 2. The van der Waals surface area contributed by atoms with Crippen LogP contribution in [0, 0.1) is 13.8 Å². The van der Waals surface area contributed by atoms with Crippen LogP contribution in [0.3, 0.4) is 0 Å². The van der Waals surface area contributed by atoms with E-state index in [2.05, 4.69) is 44.2 Å². The van der Waals surface area contributed by atoms with Crippen molar-refractivity contribution in [2.75, 3.05) is 0 Å². The molecule has 0 amide bonds. The van der Waals surface area contributed by atoms with E-state index in [0.717, 1.165) is 5.56 Å². The molecule has 1 aliphatic rings. The van der Waals surface area contributed by atoms with Crippen LogP contribution in [0.25, 0.3) is 0 Å². The molecule has 0 aromatic heterocycles. The first-order chi connectivity index (χ1) is 9.63. The molecule has 2 aromatic carbocycles. The fourth-order valence-electron chi connectivity index (χ4n) is 2.75. The summed E-state index contributed by atoms with van der Waals surface area (Å²) in [6, 6.07) is 12.6. The minimum absolute atomic E-state index is 0.457. The highest BCUT2D eigenvalue weighted by molar-refractivity contribution is 5.36. The SMILES string of the molecule is Cc1ccc(C)c(CC(O)c2ccc3c(c2)COC3)c1. The van der Waals surface area contributed by atoms with Crippen molar-refractivity contribution in [3.05, 3.63) is 69.8 Å². The predicted molar refractivity (Wildman–Crippen MR) is 79.5 cm³/mol. The Balaban J connectivity index is 1.82. The number of rotatable bonds is 3. The van der Waals surface area contributed by atoms with E-state index in [9.17, 15) is 5.11 Å². The van der Waals surface area contributed by atoms with Crippen molar-refractivity contribution in [3.63, 3.8) is 0 Å². The second-order valence-corrected chi connectivity index (χ2v) is 5.67. The average molecular weight is 268 g/mol. The number of benzene rings is 2. The molecule has 2 heteroatoms. The second kappa shape index (κ2) is 5.39. The molecule has 20 heavy (non-hydrogen) atoms. The quantitative estimate of drug-likeness (QED) is 0.921. The molecule has 0 radical (unpaired) electrons. The summed E-state index contributed by atoms with van der Waals surface area (Å²) in [7, 11) is 0. The zero-order valence-corrected chi connectivity index (χ0v) is 12.0. The molecule has 3 rings (SSSR count). The van der Waals surface area contributed by atoms with E-state index in [4.69, 9.17) is 4.74 Å². The highest BCUT2D eigenvalue weighted by Gasteiger charge is 2.15. The summed E-state index contributed by atoms with van der Waals surface area (Å²) in [6.45, 7) is 5.54. The molecule has 0 aliphatic carbocycles. The van der Waals surface area contributed by atoms with E-state index in [-0.39, 0.29) is 0 Å². The summed E-state index contributed by atoms with van der Waals surface area (Å²) in [5.74, 6) is 0. The maximum Gasteiger partial charge on any atom is 0.0830 e. The Labute approximate surface area is 120 Å². The molecule has 0 saturated carbocycles. The van der Waals surface area contributed by atoms with Gasteiger partial charge >= 0.3 is 0 Å². The maximum absolute atomic E-state index is 10.5. The van der Waals surface area contributed by atoms with Crippen molar-refractivity contribution < 1.29 is 9.84 Å². The van der Waals surface area contributed by atoms with Gasteiger partial charge in [0.05, 0.1) is 19.3 Å². The van der Waals surface area contributed by atoms with Crippen molar-refractivity contribution in [1.29, 1.82) is 0 Å². The van der Waals surface area contributed by atoms with E-state index in [1.807, 2.05) is 6.07 Å². The standard InChI is InChI=1S/C18H20O2/c1-12-3-4-13(2)16(7-12)9-18(19)14-5-6-15-10-20-11-17(15)8-14/h3-8,18-19H,9-11H2,1-2H3. The third-order valence-corrected chi connectivity index (χ3v) is 4.05. The molecular weight excluding hydrogens is 248 g/mol. The summed E-state index contributed by atoms with van der Waals surface area (Å²) < 4.78 is 5.42. The van der Waals surface area contributed by atoms with Crippen molar-refractivity contribution in [3.8, 4) is 0 Å². The van der Waals surface area contributed by atoms with Crippen LogP contribution in [0.4, 0.5) is 0 Å². The zero-order chi connectivity index (χ0) is 14.1. The minimum atomic E-state index is -0.457. The number of aryl methyl sites for hydroxylation is 2. The lowest BCUT2D eigenvalue weighted by atomic mass is 9.95. The Kier molecular flexibility index (Phi) is 3.60. The summed E-state index contributed by atoms with van der Waals surface area (Å²) >= 11 is 0. The Hall–Kier alpha value is -1.64. The monoisotopic (exact) mass is 268 g/mol. The van der Waals surface area contributed by atoms with Crippen molar-refractivity contribution in [1.82, 2.24) is 0 Å². The summed E-state index contributed by atoms with van der Waals surface area (Å²) in [6.07, 6.45) is 0.203. The van der Waals surface area contributed by atoms with E-state index >= 15 is 0 Å². The Morgan fingerprint density at radius 2 is 1.85 bits per heavy atom. The van der Waals surface area contributed by atoms with Gasteiger partial charge in [-0.2, -0.15) is 0 Å². The van der Waals surface area contributed by atoms with Gasteiger partial charge in [-0.3, -0.25) is 0 Å². The van der Waals surface area contributed by atoms with Crippen LogP contribution < -0.4 is 0 Å². The van der Waals surface area contributed by atoms with Gasteiger partial charge < -0.3 is 9.84 Å². The fraction of sp³-hybridized carbons (Fsp3) is 0.333. The first kappa shape index (κ1) is 13.3. The molecule has 1 N–H and O–H groups in total. The highest BCUT2D eigenvalue weighted by Crippen LogP contribution is 2.26. The molecule has 1 unspecified atom stereocenters. The second-order valence-electron chi connectivity index (χ2n) is 5.67.